The average Bonchev–Trinajstić information content (AvgIpc) is 2.34. The maximum atomic E-state index is 11.2. The van der Waals surface area contributed by atoms with Gasteiger partial charge in [0.25, 0.3) is 0 Å². The van der Waals surface area contributed by atoms with Gasteiger partial charge in [0.2, 0.25) is 0 Å². The van der Waals surface area contributed by atoms with Crippen molar-refractivity contribution in [1.29, 1.82) is 0 Å². The number of aryl methyl sites for hydroxylation is 2. The smallest absolute Gasteiger partial charge is 0.339 e. The van der Waals surface area contributed by atoms with Crippen molar-refractivity contribution in [1.82, 2.24) is 0 Å². The molecule has 0 saturated carbocycles. The summed E-state index contributed by atoms with van der Waals surface area (Å²) >= 11 is 6.02. The molecule has 0 aromatic heterocycles. The van der Waals surface area contributed by atoms with Gasteiger partial charge in [0.15, 0.2) is 5.75 Å². The van der Waals surface area contributed by atoms with Crippen LogP contribution in [0.2, 0.25) is 5.02 Å². The molecule has 0 saturated heterocycles. The summed E-state index contributed by atoms with van der Waals surface area (Å²) in [6, 6.07) is 10.3. The van der Waals surface area contributed by atoms with E-state index >= 15 is 0 Å². The van der Waals surface area contributed by atoms with E-state index in [-0.39, 0.29) is 16.3 Å². The first-order valence-electron chi connectivity index (χ1n) is 5.76. The van der Waals surface area contributed by atoms with Crippen molar-refractivity contribution in [3.05, 3.63) is 58.1 Å². The van der Waals surface area contributed by atoms with Gasteiger partial charge in [0, 0.05) is 0 Å². The monoisotopic (exact) mass is 276 g/mol. The lowest BCUT2D eigenvalue weighted by Gasteiger charge is -2.12. The zero-order valence-corrected chi connectivity index (χ0v) is 11.4. The molecule has 98 valence electrons. The number of benzene rings is 2. The van der Waals surface area contributed by atoms with Gasteiger partial charge in [0.05, 0.1) is 5.02 Å². The quantitative estimate of drug-likeness (QED) is 0.901. The number of hydrogen-bond donors (Lipinski definition) is 1. The van der Waals surface area contributed by atoms with E-state index in [2.05, 4.69) is 0 Å². The number of aromatic carboxylic acids is 1. The zero-order valence-electron chi connectivity index (χ0n) is 10.6. The van der Waals surface area contributed by atoms with E-state index in [9.17, 15) is 4.79 Å². The molecule has 0 fully saturated rings. The highest BCUT2D eigenvalue weighted by molar-refractivity contribution is 6.32. The molecular formula is C15H13ClO3. The average molecular weight is 277 g/mol. The van der Waals surface area contributed by atoms with Crippen LogP contribution in [-0.4, -0.2) is 11.1 Å². The Labute approximate surface area is 116 Å². The Morgan fingerprint density at radius 2 is 1.95 bits per heavy atom. The molecule has 2 aromatic carbocycles. The Balaban J connectivity index is 2.46. The number of halogens is 1. The molecule has 4 heteroatoms. The maximum Gasteiger partial charge on any atom is 0.339 e. The Morgan fingerprint density at radius 3 is 2.58 bits per heavy atom. The Kier molecular flexibility index (Phi) is 3.76. The third-order valence-corrected chi connectivity index (χ3v) is 3.04. The van der Waals surface area contributed by atoms with E-state index in [0.717, 1.165) is 11.1 Å². The van der Waals surface area contributed by atoms with Crippen molar-refractivity contribution < 1.29 is 14.6 Å². The van der Waals surface area contributed by atoms with E-state index in [1.807, 2.05) is 26.0 Å². The number of hydrogen-bond acceptors (Lipinski definition) is 2. The van der Waals surface area contributed by atoms with Crippen LogP contribution in [0.1, 0.15) is 21.5 Å². The number of carbonyl (C=O) groups is 1. The highest BCUT2D eigenvalue weighted by Gasteiger charge is 2.16. The second-order valence-electron chi connectivity index (χ2n) is 4.29. The molecule has 0 amide bonds. The Hall–Kier alpha value is -2.00. The molecule has 0 unspecified atom stereocenters. The minimum Gasteiger partial charge on any atom is -0.478 e. The van der Waals surface area contributed by atoms with Crippen LogP contribution >= 0.6 is 11.6 Å². The minimum absolute atomic E-state index is 0.0486. The molecule has 1 N–H and O–H groups in total. The SMILES string of the molecule is Cc1ccc(Oc2c(Cl)cccc2C(=O)O)c(C)c1. The summed E-state index contributed by atoms with van der Waals surface area (Å²) in [6.45, 7) is 3.88. The summed E-state index contributed by atoms with van der Waals surface area (Å²) in [7, 11) is 0. The molecule has 0 aliphatic carbocycles. The molecule has 0 aliphatic rings. The van der Waals surface area contributed by atoms with Crippen LogP contribution in [0.5, 0.6) is 11.5 Å². The van der Waals surface area contributed by atoms with Gasteiger partial charge in [0.1, 0.15) is 11.3 Å². The van der Waals surface area contributed by atoms with Crippen LogP contribution < -0.4 is 4.74 Å². The lowest BCUT2D eigenvalue weighted by Crippen LogP contribution is -2.01. The Morgan fingerprint density at radius 1 is 1.21 bits per heavy atom. The minimum atomic E-state index is -1.07. The van der Waals surface area contributed by atoms with Crippen molar-refractivity contribution in [3.8, 4) is 11.5 Å². The summed E-state index contributed by atoms with van der Waals surface area (Å²) in [5.41, 5.74) is 2.09. The van der Waals surface area contributed by atoms with Gasteiger partial charge in [-0.2, -0.15) is 0 Å². The fourth-order valence-electron chi connectivity index (χ4n) is 1.80. The predicted molar refractivity (Wildman–Crippen MR) is 74.4 cm³/mol. The van der Waals surface area contributed by atoms with Gasteiger partial charge in [-0.15, -0.1) is 0 Å². The van der Waals surface area contributed by atoms with E-state index in [1.165, 1.54) is 6.07 Å². The van der Waals surface area contributed by atoms with Gasteiger partial charge >= 0.3 is 5.97 Å². The standard InChI is InChI=1S/C15H13ClO3/c1-9-6-7-13(10(2)8-9)19-14-11(15(17)18)4-3-5-12(14)16/h3-8H,1-2H3,(H,17,18). The highest BCUT2D eigenvalue weighted by Crippen LogP contribution is 2.34. The number of para-hydroxylation sites is 1. The van der Waals surface area contributed by atoms with Crippen molar-refractivity contribution in [2.24, 2.45) is 0 Å². The normalized spacial score (nSPS) is 10.3. The largest absolute Gasteiger partial charge is 0.478 e. The predicted octanol–water partition coefficient (Wildman–Crippen LogP) is 4.45. The molecule has 19 heavy (non-hydrogen) atoms. The van der Waals surface area contributed by atoms with Crippen molar-refractivity contribution in [3.63, 3.8) is 0 Å². The van der Waals surface area contributed by atoms with Gasteiger partial charge in [-0.1, -0.05) is 35.4 Å². The summed E-state index contributed by atoms with van der Waals surface area (Å²) in [6.07, 6.45) is 0. The Bertz CT molecular complexity index is 635. The number of ether oxygens (including phenoxy) is 1. The van der Waals surface area contributed by atoms with Crippen molar-refractivity contribution in [2.75, 3.05) is 0 Å². The van der Waals surface area contributed by atoms with Gasteiger partial charge in [-0.3, -0.25) is 0 Å². The molecule has 0 heterocycles. The molecular weight excluding hydrogens is 264 g/mol. The van der Waals surface area contributed by atoms with Crippen LogP contribution in [0.4, 0.5) is 0 Å². The first kappa shape index (κ1) is 13.4. The molecule has 0 spiro atoms. The van der Waals surface area contributed by atoms with Crippen LogP contribution in [0.25, 0.3) is 0 Å². The highest BCUT2D eigenvalue weighted by atomic mass is 35.5. The molecule has 2 aromatic rings. The lowest BCUT2D eigenvalue weighted by atomic mass is 10.1. The van der Waals surface area contributed by atoms with E-state index in [0.29, 0.717) is 5.75 Å². The van der Waals surface area contributed by atoms with Crippen molar-refractivity contribution >= 4 is 17.6 Å². The van der Waals surface area contributed by atoms with E-state index < -0.39 is 5.97 Å². The number of rotatable bonds is 3. The second-order valence-corrected chi connectivity index (χ2v) is 4.70. The van der Waals surface area contributed by atoms with Crippen LogP contribution in [-0.2, 0) is 0 Å². The molecule has 0 radical (unpaired) electrons. The third kappa shape index (κ3) is 2.88. The van der Waals surface area contributed by atoms with Gasteiger partial charge in [-0.25, -0.2) is 4.79 Å². The molecule has 0 atom stereocenters. The van der Waals surface area contributed by atoms with Crippen molar-refractivity contribution in [2.45, 2.75) is 13.8 Å². The van der Waals surface area contributed by atoms with E-state index in [1.54, 1.807) is 18.2 Å². The number of carboxylic acids is 1. The summed E-state index contributed by atoms with van der Waals surface area (Å²) in [4.78, 5) is 11.2. The topological polar surface area (TPSA) is 46.5 Å². The lowest BCUT2D eigenvalue weighted by molar-refractivity contribution is 0.0694. The van der Waals surface area contributed by atoms with Crippen LogP contribution in [0.15, 0.2) is 36.4 Å². The maximum absolute atomic E-state index is 11.2. The summed E-state index contributed by atoms with van der Waals surface area (Å²) in [5, 5.41) is 9.42. The molecule has 2 rings (SSSR count). The number of carboxylic acid groups (broad SMARTS) is 1. The molecule has 0 aliphatic heterocycles. The first-order chi connectivity index (χ1) is 8.99. The molecule has 3 nitrogen and oxygen atoms in total. The van der Waals surface area contributed by atoms with Crippen LogP contribution in [0, 0.1) is 13.8 Å². The van der Waals surface area contributed by atoms with Crippen LogP contribution in [0.3, 0.4) is 0 Å². The van der Waals surface area contributed by atoms with Gasteiger partial charge < -0.3 is 9.84 Å². The molecule has 0 bridgehead atoms. The first-order valence-corrected chi connectivity index (χ1v) is 6.13. The summed E-state index contributed by atoms with van der Waals surface area (Å²) < 4.78 is 5.67. The third-order valence-electron chi connectivity index (χ3n) is 2.74. The van der Waals surface area contributed by atoms with Gasteiger partial charge in [-0.05, 0) is 37.6 Å². The zero-order chi connectivity index (χ0) is 14.0. The van der Waals surface area contributed by atoms with E-state index in [4.69, 9.17) is 21.4 Å². The summed E-state index contributed by atoms with van der Waals surface area (Å²) in [5.74, 6) is -0.299. The second kappa shape index (κ2) is 5.33. The fourth-order valence-corrected chi connectivity index (χ4v) is 2.02. The fraction of sp³-hybridized carbons (Fsp3) is 0.133.